The van der Waals surface area contributed by atoms with E-state index in [0.717, 1.165) is 12.8 Å². The quantitative estimate of drug-likeness (QED) is 0.306. The Kier molecular flexibility index (Phi) is 11.1. The number of hydrogen-bond acceptors (Lipinski definition) is 3. The summed E-state index contributed by atoms with van der Waals surface area (Å²) in [5, 5.41) is 6.52. The topological polar surface area (TPSA) is 73.8 Å². The zero-order chi connectivity index (χ0) is 20.9. The van der Waals surface area contributed by atoms with E-state index < -0.39 is 15.5 Å². The van der Waals surface area contributed by atoms with Crippen molar-refractivity contribution < 1.29 is 21.6 Å². The molecule has 11 heteroatoms. The molecule has 1 heterocycles. The molecule has 0 saturated carbocycles. The summed E-state index contributed by atoms with van der Waals surface area (Å²) in [7, 11) is -3.55. The molecule has 1 unspecified atom stereocenters. The average Bonchev–Trinajstić information content (AvgIpc) is 2.55. The van der Waals surface area contributed by atoms with Crippen LogP contribution in [0.4, 0.5) is 13.2 Å². The lowest BCUT2D eigenvalue weighted by molar-refractivity contribution is -0.0496. The molecule has 1 saturated heterocycles. The van der Waals surface area contributed by atoms with E-state index in [4.69, 9.17) is 0 Å². The summed E-state index contributed by atoms with van der Waals surface area (Å²) >= 11 is 0. The van der Waals surface area contributed by atoms with Gasteiger partial charge in [-0.05, 0) is 43.9 Å². The predicted molar refractivity (Wildman–Crippen MR) is 117 cm³/mol. The Labute approximate surface area is 184 Å². The fourth-order valence-electron chi connectivity index (χ4n) is 2.89. The number of guanidine groups is 1. The lowest BCUT2D eigenvalue weighted by atomic mass is 9.89. The second kappa shape index (κ2) is 11.2. The van der Waals surface area contributed by atoms with Gasteiger partial charge >= 0.3 is 15.5 Å². The highest BCUT2D eigenvalue weighted by molar-refractivity contribution is 14.0. The second-order valence-corrected chi connectivity index (χ2v) is 10.3. The monoisotopic (exact) mass is 542 g/mol. The minimum absolute atomic E-state index is 0. The van der Waals surface area contributed by atoms with Crippen LogP contribution in [0, 0.1) is 11.3 Å². The van der Waals surface area contributed by atoms with Crippen molar-refractivity contribution in [3.63, 3.8) is 0 Å². The molecule has 1 rings (SSSR count). The highest BCUT2D eigenvalue weighted by Crippen LogP contribution is 2.30. The van der Waals surface area contributed by atoms with E-state index in [1.165, 1.54) is 0 Å². The normalized spacial score (nSPS) is 19.1. The van der Waals surface area contributed by atoms with E-state index in [1.807, 2.05) is 0 Å². The van der Waals surface area contributed by atoms with Crippen molar-refractivity contribution in [2.45, 2.75) is 64.9 Å². The molecule has 0 aromatic rings. The number of halogens is 4. The summed E-state index contributed by atoms with van der Waals surface area (Å²) in [5.74, 6) is 0.759. The molecule has 6 nitrogen and oxygen atoms in total. The standard InChI is InChI=1S/C17H33F3N4O2S.HI/c1-13(6-9-16(2,3)4)23-15(21-5)22-12-14-7-10-24(11-8-14)27(25,26)17(18,19)20;/h13-14H,6-12H2,1-5H3,(H2,21,22,23);1H. The van der Waals surface area contributed by atoms with Crippen LogP contribution < -0.4 is 10.6 Å². The first-order valence-corrected chi connectivity index (χ1v) is 10.7. The third-order valence-electron chi connectivity index (χ3n) is 4.70. The van der Waals surface area contributed by atoms with Gasteiger partial charge in [0.25, 0.3) is 0 Å². The number of nitrogens with zero attached hydrogens (tertiary/aromatic N) is 2. The smallest absolute Gasteiger partial charge is 0.356 e. The van der Waals surface area contributed by atoms with Crippen LogP contribution >= 0.6 is 24.0 Å². The Balaban J connectivity index is 0.00000729. The molecule has 0 aliphatic carbocycles. The zero-order valence-corrected chi connectivity index (χ0v) is 20.4. The number of aliphatic imine (C=N–C) groups is 1. The van der Waals surface area contributed by atoms with E-state index in [0.29, 0.717) is 29.7 Å². The Morgan fingerprint density at radius 3 is 2.18 bits per heavy atom. The van der Waals surface area contributed by atoms with Crippen molar-refractivity contribution in [3.05, 3.63) is 0 Å². The van der Waals surface area contributed by atoms with Crippen LogP contribution in [0.5, 0.6) is 0 Å². The van der Waals surface area contributed by atoms with Crippen molar-refractivity contribution in [2.24, 2.45) is 16.3 Å². The van der Waals surface area contributed by atoms with Crippen molar-refractivity contribution >= 4 is 40.0 Å². The first-order chi connectivity index (χ1) is 12.3. The molecular formula is C17H34F3IN4O2S. The van der Waals surface area contributed by atoms with Gasteiger partial charge in [-0.15, -0.1) is 24.0 Å². The zero-order valence-electron chi connectivity index (χ0n) is 17.3. The second-order valence-electron chi connectivity index (χ2n) is 8.39. The fraction of sp³-hybridized carbons (Fsp3) is 0.941. The molecular weight excluding hydrogens is 508 g/mol. The van der Waals surface area contributed by atoms with Gasteiger partial charge in [0.2, 0.25) is 0 Å². The third-order valence-corrected chi connectivity index (χ3v) is 6.33. The number of alkyl halides is 3. The minimum atomic E-state index is -5.23. The van der Waals surface area contributed by atoms with Crippen LogP contribution in [-0.4, -0.2) is 56.9 Å². The lowest BCUT2D eigenvalue weighted by Crippen LogP contribution is -2.48. The highest BCUT2D eigenvalue weighted by atomic mass is 127. The average molecular weight is 542 g/mol. The minimum Gasteiger partial charge on any atom is -0.356 e. The molecule has 1 aliphatic rings. The molecule has 0 spiro atoms. The summed E-state index contributed by atoms with van der Waals surface area (Å²) in [5.41, 5.74) is -4.97. The van der Waals surface area contributed by atoms with E-state index in [1.54, 1.807) is 7.05 Å². The Morgan fingerprint density at radius 2 is 1.75 bits per heavy atom. The third kappa shape index (κ3) is 9.02. The molecule has 0 aromatic heterocycles. The van der Waals surface area contributed by atoms with Gasteiger partial charge in [-0.2, -0.15) is 17.5 Å². The Hall–Kier alpha value is -0.300. The summed E-state index contributed by atoms with van der Waals surface area (Å²) in [4.78, 5) is 4.18. The predicted octanol–water partition coefficient (Wildman–Crippen LogP) is 3.55. The largest absolute Gasteiger partial charge is 0.511 e. The van der Waals surface area contributed by atoms with Gasteiger partial charge in [-0.3, -0.25) is 4.99 Å². The van der Waals surface area contributed by atoms with Crippen LogP contribution in [0.15, 0.2) is 4.99 Å². The van der Waals surface area contributed by atoms with Crippen molar-refractivity contribution in [1.29, 1.82) is 0 Å². The maximum absolute atomic E-state index is 12.6. The summed E-state index contributed by atoms with van der Waals surface area (Å²) in [6.45, 7) is 8.99. The first kappa shape index (κ1) is 27.7. The SMILES string of the molecule is CN=C(NCC1CCN(S(=O)(=O)C(F)(F)F)CC1)NC(C)CCC(C)(C)C.I. The van der Waals surface area contributed by atoms with Crippen LogP contribution in [0.2, 0.25) is 0 Å². The van der Waals surface area contributed by atoms with Crippen molar-refractivity contribution in [3.8, 4) is 0 Å². The molecule has 0 aromatic carbocycles. The van der Waals surface area contributed by atoms with Crippen molar-refractivity contribution in [2.75, 3.05) is 26.7 Å². The van der Waals surface area contributed by atoms with E-state index in [9.17, 15) is 21.6 Å². The van der Waals surface area contributed by atoms with Gasteiger partial charge in [0.05, 0.1) is 0 Å². The fourth-order valence-corrected chi connectivity index (χ4v) is 3.88. The Morgan fingerprint density at radius 1 is 1.21 bits per heavy atom. The van der Waals surface area contributed by atoms with Gasteiger partial charge in [0.15, 0.2) is 5.96 Å². The highest BCUT2D eigenvalue weighted by Gasteiger charge is 2.50. The molecule has 0 bridgehead atoms. The molecule has 168 valence electrons. The van der Waals surface area contributed by atoms with Gasteiger partial charge in [0.1, 0.15) is 0 Å². The maximum Gasteiger partial charge on any atom is 0.511 e. The maximum atomic E-state index is 12.6. The Bertz CT molecular complexity index is 599. The summed E-state index contributed by atoms with van der Waals surface area (Å²) < 4.78 is 61.2. The van der Waals surface area contributed by atoms with Gasteiger partial charge in [-0.1, -0.05) is 20.8 Å². The molecule has 1 atom stereocenters. The van der Waals surface area contributed by atoms with E-state index in [-0.39, 0.29) is 54.4 Å². The number of hydrogen-bond donors (Lipinski definition) is 2. The number of rotatable bonds is 6. The van der Waals surface area contributed by atoms with Crippen LogP contribution in [-0.2, 0) is 10.0 Å². The van der Waals surface area contributed by atoms with Gasteiger partial charge in [-0.25, -0.2) is 8.42 Å². The molecule has 2 N–H and O–H groups in total. The number of nitrogens with one attached hydrogen (secondary N) is 2. The van der Waals surface area contributed by atoms with Crippen LogP contribution in [0.3, 0.4) is 0 Å². The first-order valence-electron chi connectivity index (χ1n) is 9.30. The van der Waals surface area contributed by atoms with Crippen molar-refractivity contribution in [1.82, 2.24) is 14.9 Å². The van der Waals surface area contributed by atoms with Crippen LogP contribution in [0.25, 0.3) is 0 Å². The molecule has 28 heavy (non-hydrogen) atoms. The van der Waals surface area contributed by atoms with Gasteiger partial charge < -0.3 is 10.6 Å². The van der Waals surface area contributed by atoms with Crippen LogP contribution in [0.1, 0.15) is 53.4 Å². The summed E-state index contributed by atoms with van der Waals surface area (Å²) in [6.07, 6.45) is 2.85. The molecule has 0 radical (unpaired) electrons. The lowest BCUT2D eigenvalue weighted by Gasteiger charge is -2.32. The molecule has 1 fully saturated rings. The summed E-state index contributed by atoms with van der Waals surface area (Å²) in [6, 6.07) is 0.245. The molecule has 1 aliphatic heterocycles. The number of sulfonamides is 1. The molecule has 0 amide bonds. The van der Waals surface area contributed by atoms with E-state index >= 15 is 0 Å². The van der Waals surface area contributed by atoms with Gasteiger partial charge in [0, 0.05) is 32.7 Å². The number of piperidine rings is 1. The van der Waals surface area contributed by atoms with E-state index in [2.05, 4.69) is 43.3 Å².